The Hall–Kier alpha value is -7.82. The van der Waals surface area contributed by atoms with Crippen molar-refractivity contribution in [1.29, 1.82) is 0 Å². The number of rotatable bonds is 11. The summed E-state index contributed by atoms with van der Waals surface area (Å²) in [6, 6.07) is 39.2. The number of benzene rings is 5. The quantitative estimate of drug-likeness (QED) is 0.0507. The fourth-order valence-corrected chi connectivity index (χ4v) is 7.49. The number of nitrogens with zero attached hydrogens (tertiary/aromatic N) is 4. The number of carboxylic acids is 1. The standard InChI is InChI=1S/C40H37N5O7.C6H6O2.C2H4O2/c1-25(46)51-32-22-33(45-24-43-34-37(41-23-42-38(34)45)44-39(48)26-10-6-4-7-11-26)52-35(32)36(47)40(27-12-8-5-9-13-27,28-14-18-30(49-2)19-15-28)29-16-20-31(50-3)21-17-29;7-5-1-2-6(8)4-3-5;1-2(3)4/h4-21,23-24,32-33,35-36,47H,22H2,1-3H3,(H,41,42,44,48);1-4,7-8H;1H3,(H,3,4)/t32-,33+,35-,36?;;/m0../s1. The molecule has 0 bridgehead atoms. The Morgan fingerprint density at radius 3 is 1.73 bits per heavy atom. The highest BCUT2D eigenvalue weighted by molar-refractivity contribution is 6.06. The number of esters is 1. The minimum atomic E-state index is -1.31. The van der Waals surface area contributed by atoms with Gasteiger partial charge in [-0.05, 0) is 77.4 Å². The number of carbonyl (C=O) groups is 3. The van der Waals surface area contributed by atoms with Crippen molar-refractivity contribution in [2.24, 2.45) is 0 Å². The smallest absolute Gasteiger partial charge is 0.302 e. The number of imidazole rings is 1. The zero-order chi connectivity index (χ0) is 45.8. The number of fused-ring (bicyclic) bond motifs is 1. The zero-order valence-electron chi connectivity index (χ0n) is 35.3. The molecule has 2 aromatic heterocycles. The Labute approximate surface area is 368 Å². The number of methoxy groups -OCH3 is 2. The van der Waals surface area contributed by atoms with Crippen molar-refractivity contribution in [3.05, 3.63) is 168 Å². The maximum atomic E-state index is 13.0. The van der Waals surface area contributed by atoms with Crippen LogP contribution in [0.3, 0.4) is 0 Å². The monoisotopic (exact) mass is 869 g/mol. The van der Waals surface area contributed by atoms with E-state index >= 15 is 0 Å². The fraction of sp³-hybridized carbons (Fsp3) is 0.208. The molecule has 0 aliphatic carbocycles. The number of carboxylic acid groups (broad SMARTS) is 1. The lowest BCUT2D eigenvalue weighted by molar-refractivity contribution is -0.155. The molecule has 5 aromatic carbocycles. The number of aromatic hydroxyl groups is 2. The van der Waals surface area contributed by atoms with Gasteiger partial charge < -0.3 is 44.7 Å². The Morgan fingerprint density at radius 2 is 1.23 bits per heavy atom. The number of amides is 1. The van der Waals surface area contributed by atoms with Crippen LogP contribution in [0, 0.1) is 0 Å². The van der Waals surface area contributed by atoms with Crippen molar-refractivity contribution in [3.8, 4) is 23.0 Å². The van der Waals surface area contributed by atoms with Crippen LogP contribution >= 0.6 is 0 Å². The first-order valence-electron chi connectivity index (χ1n) is 19.9. The van der Waals surface area contributed by atoms with Crippen molar-refractivity contribution in [3.63, 3.8) is 0 Å². The maximum Gasteiger partial charge on any atom is 0.302 e. The van der Waals surface area contributed by atoms with E-state index in [1.165, 1.54) is 37.5 Å². The van der Waals surface area contributed by atoms with Gasteiger partial charge in [0.25, 0.3) is 11.9 Å². The third-order valence-corrected chi connectivity index (χ3v) is 10.3. The second kappa shape index (κ2) is 20.8. The third-order valence-electron chi connectivity index (χ3n) is 10.3. The summed E-state index contributed by atoms with van der Waals surface area (Å²) in [6.45, 7) is 2.41. The van der Waals surface area contributed by atoms with Gasteiger partial charge in [-0.15, -0.1) is 0 Å². The van der Waals surface area contributed by atoms with E-state index in [1.54, 1.807) is 49.4 Å². The third kappa shape index (κ3) is 10.4. The van der Waals surface area contributed by atoms with E-state index in [1.807, 2.05) is 84.9 Å². The number of hydrogen-bond acceptors (Lipinski definition) is 13. The van der Waals surface area contributed by atoms with Crippen molar-refractivity contribution in [1.82, 2.24) is 19.5 Å². The average Bonchev–Trinajstić information content (AvgIpc) is 3.93. The molecule has 5 N–H and O–H groups in total. The van der Waals surface area contributed by atoms with E-state index < -0.39 is 41.9 Å². The summed E-state index contributed by atoms with van der Waals surface area (Å²) in [5, 5.41) is 40.5. The van der Waals surface area contributed by atoms with E-state index in [2.05, 4.69) is 20.3 Å². The van der Waals surface area contributed by atoms with E-state index in [0.29, 0.717) is 28.2 Å². The largest absolute Gasteiger partial charge is 0.508 e. The van der Waals surface area contributed by atoms with Gasteiger partial charge >= 0.3 is 5.97 Å². The number of hydrogen-bond donors (Lipinski definition) is 5. The number of aliphatic hydroxyl groups is 1. The Kier molecular flexibility index (Phi) is 14.9. The number of carbonyl (C=O) groups excluding carboxylic acids is 2. The number of nitrogens with one attached hydrogen (secondary N) is 1. The second-order valence-corrected chi connectivity index (χ2v) is 14.4. The van der Waals surface area contributed by atoms with Gasteiger partial charge in [0.15, 0.2) is 17.0 Å². The van der Waals surface area contributed by atoms with Crippen molar-refractivity contribution in [2.75, 3.05) is 19.5 Å². The first-order valence-corrected chi connectivity index (χ1v) is 19.9. The predicted octanol–water partition coefficient (Wildman–Crippen LogP) is 6.90. The van der Waals surface area contributed by atoms with Crippen molar-refractivity contribution in [2.45, 2.75) is 50.2 Å². The van der Waals surface area contributed by atoms with Crippen LogP contribution in [0.15, 0.2) is 146 Å². The molecule has 1 aliphatic heterocycles. The topological polar surface area (TPSA) is 225 Å². The van der Waals surface area contributed by atoms with Crippen molar-refractivity contribution >= 4 is 34.8 Å². The number of aromatic nitrogens is 4. The van der Waals surface area contributed by atoms with Crippen molar-refractivity contribution < 1.29 is 53.8 Å². The molecule has 16 nitrogen and oxygen atoms in total. The molecule has 0 radical (unpaired) electrons. The molecule has 1 fully saturated rings. The SMILES string of the molecule is CC(=O)O.COc1ccc(C(c2ccccc2)(c2ccc(OC)cc2)C(O)[C@H]2O[C@@H](n3cnc4c(NC(=O)c5ccccc5)ncnc43)C[C@@H]2OC(C)=O)cc1.Oc1ccc(O)cc1. The van der Waals surface area contributed by atoms with E-state index in [0.717, 1.165) is 23.6 Å². The lowest BCUT2D eigenvalue weighted by Gasteiger charge is -2.43. The highest BCUT2D eigenvalue weighted by atomic mass is 16.6. The van der Waals surface area contributed by atoms with Crippen LogP contribution in [0.4, 0.5) is 5.82 Å². The molecule has 64 heavy (non-hydrogen) atoms. The molecule has 4 atom stereocenters. The molecule has 0 saturated carbocycles. The normalized spacial score (nSPS) is 15.9. The van der Waals surface area contributed by atoms with Crippen LogP contribution in [0.2, 0.25) is 0 Å². The summed E-state index contributed by atoms with van der Waals surface area (Å²) < 4.78 is 25.3. The first kappa shape index (κ1) is 45.7. The van der Waals surface area contributed by atoms with E-state index in [-0.39, 0.29) is 29.6 Å². The molecule has 7 aromatic rings. The van der Waals surface area contributed by atoms with Gasteiger partial charge in [-0.3, -0.25) is 19.0 Å². The molecule has 3 heterocycles. The molecular formula is C48H47N5O11. The summed E-state index contributed by atoms with van der Waals surface area (Å²) in [6.07, 6.45) is -0.918. The van der Waals surface area contributed by atoms with Gasteiger partial charge in [-0.25, -0.2) is 15.0 Å². The lowest BCUT2D eigenvalue weighted by atomic mass is 9.64. The highest BCUT2D eigenvalue weighted by Gasteiger charge is 2.53. The van der Waals surface area contributed by atoms with Gasteiger partial charge in [0.05, 0.1) is 26.0 Å². The number of ether oxygens (including phenoxy) is 4. The zero-order valence-corrected chi connectivity index (χ0v) is 35.3. The molecule has 8 rings (SSSR count). The van der Waals surface area contributed by atoms with E-state index in [4.69, 9.17) is 39.1 Å². The molecule has 330 valence electrons. The summed E-state index contributed by atoms with van der Waals surface area (Å²) in [4.78, 5) is 47.8. The number of aliphatic hydroxyl groups excluding tert-OH is 1. The molecule has 0 spiro atoms. The molecule has 1 unspecified atom stereocenters. The number of phenols is 2. The Bertz CT molecular complexity index is 2550. The van der Waals surface area contributed by atoms with Crippen LogP contribution in [0.5, 0.6) is 23.0 Å². The predicted molar refractivity (Wildman–Crippen MR) is 235 cm³/mol. The minimum absolute atomic E-state index is 0.169. The minimum Gasteiger partial charge on any atom is -0.508 e. The fourth-order valence-electron chi connectivity index (χ4n) is 7.49. The van der Waals surface area contributed by atoms with Gasteiger partial charge in [0, 0.05) is 25.8 Å². The number of anilines is 1. The summed E-state index contributed by atoms with van der Waals surface area (Å²) >= 11 is 0. The average molecular weight is 870 g/mol. The molecule has 1 saturated heterocycles. The van der Waals surface area contributed by atoms with Crippen LogP contribution in [-0.4, -0.2) is 90.3 Å². The molecular weight excluding hydrogens is 823 g/mol. The maximum absolute atomic E-state index is 13.0. The summed E-state index contributed by atoms with van der Waals surface area (Å²) in [5.41, 5.74) is 2.26. The van der Waals surface area contributed by atoms with Gasteiger partial charge in [-0.2, -0.15) is 0 Å². The summed E-state index contributed by atoms with van der Waals surface area (Å²) in [7, 11) is 3.19. The van der Waals surface area contributed by atoms with Crippen LogP contribution in [-0.2, 0) is 24.5 Å². The molecule has 1 amide bonds. The first-order chi connectivity index (χ1) is 30.8. The van der Waals surface area contributed by atoms with Gasteiger partial charge in [-0.1, -0.05) is 72.8 Å². The Morgan fingerprint density at radius 1 is 0.734 bits per heavy atom. The van der Waals surface area contributed by atoms with Gasteiger partial charge in [0.1, 0.15) is 53.9 Å². The number of aliphatic carboxylic acids is 1. The Balaban J connectivity index is 0.000000495. The summed E-state index contributed by atoms with van der Waals surface area (Å²) in [5.74, 6) is 0.168. The van der Waals surface area contributed by atoms with Gasteiger partial charge in [0.2, 0.25) is 0 Å². The number of phenolic OH excluding ortho intramolecular Hbond substituents is 2. The lowest BCUT2D eigenvalue weighted by Crippen LogP contribution is -2.52. The second-order valence-electron chi connectivity index (χ2n) is 14.4. The van der Waals surface area contributed by atoms with Crippen LogP contribution in [0.1, 0.15) is 53.5 Å². The van der Waals surface area contributed by atoms with Crippen LogP contribution < -0.4 is 14.8 Å². The highest BCUT2D eigenvalue weighted by Crippen LogP contribution is 2.48. The molecule has 16 heteroatoms. The van der Waals surface area contributed by atoms with Crippen LogP contribution in [0.25, 0.3) is 11.2 Å². The van der Waals surface area contributed by atoms with E-state index in [9.17, 15) is 14.7 Å². The molecule has 1 aliphatic rings.